The molecule has 0 bridgehead atoms. The Balaban J connectivity index is 2.33. The van der Waals surface area contributed by atoms with Gasteiger partial charge in [-0.3, -0.25) is 4.79 Å². The van der Waals surface area contributed by atoms with Crippen LogP contribution in [0.15, 0.2) is 36.4 Å². The van der Waals surface area contributed by atoms with Crippen LogP contribution in [-0.4, -0.2) is 18.1 Å². The van der Waals surface area contributed by atoms with Gasteiger partial charge in [0.1, 0.15) is 5.75 Å². The molecule has 0 amide bonds. The molecule has 0 aliphatic carbocycles. The second-order valence-electron chi connectivity index (χ2n) is 4.40. The third-order valence-electron chi connectivity index (χ3n) is 2.79. The number of halogens is 3. The van der Waals surface area contributed by atoms with Crippen LogP contribution >= 0.6 is 12.0 Å². The van der Waals surface area contributed by atoms with E-state index in [-0.39, 0.29) is 18.8 Å². The van der Waals surface area contributed by atoms with Crippen LogP contribution in [0.25, 0.3) is 10.8 Å². The number of alkyl halides is 3. The molecule has 0 aliphatic heterocycles. The van der Waals surface area contributed by atoms with E-state index in [0.29, 0.717) is 10.9 Å². The minimum absolute atomic E-state index is 0.0256. The topological polar surface area (TPSA) is 35.5 Å². The molecule has 0 aliphatic rings. The van der Waals surface area contributed by atoms with Crippen molar-refractivity contribution in [3.63, 3.8) is 0 Å². The van der Waals surface area contributed by atoms with E-state index in [1.54, 1.807) is 31.2 Å². The maximum atomic E-state index is 12.2. The van der Waals surface area contributed by atoms with Gasteiger partial charge in [0.05, 0.1) is 13.0 Å². The van der Waals surface area contributed by atoms with E-state index in [4.69, 9.17) is 8.92 Å². The number of carbonyl (C=O) groups is 1. The largest absolute Gasteiger partial charge is 0.479 e. The van der Waals surface area contributed by atoms with Crippen LogP contribution in [0.3, 0.4) is 0 Å². The Morgan fingerprint density at radius 3 is 2.64 bits per heavy atom. The summed E-state index contributed by atoms with van der Waals surface area (Å²) in [4.78, 5) is 11.6. The van der Waals surface area contributed by atoms with Crippen LogP contribution in [0, 0.1) is 0 Å². The van der Waals surface area contributed by atoms with Gasteiger partial charge in [-0.2, -0.15) is 13.2 Å². The average molecular weight is 330 g/mol. The maximum Gasteiger partial charge on any atom is 0.479 e. The van der Waals surface area contributed by atoms with Crippen molar-refractivity contribution in [1.82, 2.24) is 0 Å². The van der Waals surface area contributed by atoms with Crippen molar-refractivity contribution in [2.45, 2.75) is 18.9 Å². The summed E-state index contributed by atoms with van der Waals surface area (Å²) in [6.45, 7) is 1.94. The van der Waals surface area contributed by atoms with E-state index < -0.39 is 23.5 Å². The highest BCUT2D eigenvalue weighted by atomic mass is 32.2. The SMILES string of the molecule is CCOC(=O)Cc1cc(OSC(F)(F)F)cc2ccccc12. The second-order valence-corrected chi connectivity index (χ2v) is 5.19. The van der Waals surface area contributed by atoms with Crippen LogP contribution < -0.4 is 4.18 Å². The van der Waals surface area contributed by atoms with E-state index in [9.17, 15) is 18.0 Å². The normalized spacial score (nSPS) is 11.5. The minimum Gasteiger partial charge on any atom is -0.466 e. The summed E-state index contributed by atoms with van der Waals surface area (Å²) in [6.07, 6.45) is -0.0256. The van der Waals surface area contributed by atoms with E-state index in [1.165, 1.54) is 12.1 Å². The van der Waals surface area contributed by atoms with Gasteiger partial charge >= 0.3 is 11.5 Å². The molecule has 2 aromatic rings. The fourth-order valence-corrected chi connectivity index (χ4v) is 2.30. The van der Waals surface area contributed by atoms with Gasteiger partial charge in [-0.05, 0) is 35.4 Å². The van der Waals surface area contributed by atoms with Crippen LogP contribution in [0.2, 0.25) is 0 Å². The van der Waals surface area contributed by atoms with Gasteiger partial charge in [-0.15, -0.1) is 0 Å². The second kappa shape index (κ2) is 6.91. The zero-order valence-electron chi connectivity index (χ0n) is 11.6. The molecule has 3 nitrogen and oxygen atoms in total. The zero-order chi connectivity index (χ0) is 16.2. The Bertz CT molecular complexity index is 671. The summed E-state index contributed by atoms with van der Waals surface area (Å²) in [5.74, 6) is -0.395. The number of rotatable bonds is 5. The quantitative estimate of drug-likeness (QED) is 0.598. The molecule has 0 unspecified atom stereocenters. The molecule has 0 aromatic heterocycles. The number of hydrogen-bond acceptors (Lipinski definition) is 4. The van der Waals surface area contributed by atoms with Gasteiger partial charge < -0.3 is 8.92 Å². The third kappa shape index (κ3) is 4.56. The summed E-state index contributed by atoms with van der Waals surface area (Å²) < 4.78 is 46.3. The molecule has 0 fully saturated rings. The third-order valence-corrected chi connectivity index (χ3v) is 3.26. The molecule has 0 heterocycles. The van der Waals surface area contributed by atoms with Gasteiger partial charge in [0.2, 0.25) is 0 Å². The zero-order valence-corrected chi connectivity index (χ0v) is 12.5. The van der Waals surface area contributed by atoms with E-state index in [1.807, 2.05) is 0 Å². The predicted molar refractivity (Wildman–Crippen MR) is 78.6 cm³/mol. The lowest BCUT2D eigenvalue weighted by molar-refractivity contribution is -0.142. The molecule has 0 saturated carbocycles. The van der Waals surface area contributed by atoms with Crippen LogP contribution in [0.5, 0.6) is 5.75 Å². The molecule has 118 valence electrons. The van der Waals surface area contributed by atoms with E-state index in [2.05, 4.69) is 0 Å². The first kappa shape index (κ1) is 16.5. The van der Waals surface area contributed by atoms with Crippen molar-refractivity contribution < 1.29 is 26.9 Å². The predicted octanol–water partition coefficient (Wildman–Crippen LogP) is 4.49. The van der Waals surface area contributed by atoms with Crippen molar-refractivity contribution in [3.8, 4) is 5.75 Å². The molecule has 2 rings (SSSR count). The number of carbonyl (C=O) groups excluding carboxylic acids is 1. The molecule has 7 heteroatoms. The highest BCUT2D eigenvalue weighted by molar-refractivity contribution is 7.95. The van der Waals surface area contributed by atoms with Gasteiger partial charge in [-0.25, -0.2) is 0 Å². The first-order valence-corrected chi connectivity index (χ1v) is 7.23. The van der Waals surface area contributed by atoms with Gasteiger partial charge in [0, 0.05) is 0 Å². The van der Waals surface area contributed by atoms with Crippen LogP contribution in [-0.2, 0) is 16.0 Å². The highest BCUT2D eigenvalue weighted by Gasteiger charge is 2.31. The first-order chi connectivity index (χ1) is 10.4. The summed E-state index contributed by atoms with van der Waals surface area (Å²) in [6, 6.07) is 10.0. The first-order valence-electron chi connectivity index (χ1n) is 6.49. The summed E-state index contributed by atoms with van der Waals surface area (Å²) in [5.41, 5.74) is -3.93. The molecule has 0 spiro atoms. The maximum absolute atomic E-state index is 12.2. The lowest BCUT2D eigenvalue weighted by Gasteiger charge is -2.11. The van der Waals surface area contributed by atoms with Gasteiger partial charge in [-0.1, -0.05) is 24.3 Å². The molecule has 0 N–H and O–H groups in total. The van der Waals surface area contributed by atoms with Crippen LogP contribution in [0.1, 0.15) is 12.5 Å². The molecular weight excluding hydrogens is 317 g/mol. The average Bonchev–Trinajstić information content (AvgIpc) is 2.44. The lowest BCUT2D eigenvalue weighted by atomic mass is 10.0. The number of hydrogen-bond donors (Lipinski definition) is 0. The smallest absolute Gasteiger partial charge is 0.466 e. The summed E-state index contributed by atoms with van der Waals surface area (Å²) in [7, 11) is 0. The summed E-state index contributed by atoms with van der Waals surface area (Å²) >= 11 is -0.583. The van der Waals surface area contributed by atoms with Gasteiger partial charge in [0.15, 0.2) is 12.0 Å². The number of ether oxygens (including phenoxy) is 1. The minimum atomic E-state index is -4.49. The van der Waals surface area contributed by atoms with Crippen molar-refractivity contribution >= 4 is 28.8 Å². The number of esters is 1. The van der Waals surface area contributed by atoms with Crippen molar-refractivity contribution in [2.24, 2.45) is 0 Å². The van der Waals surface area contributed by atoms with Gasteiger partial charge in [0.25, 0.3) is 0 Å². The standard InChI is InChI=1S/C15H13F3O3S/c1-2-20-14(19)9-11-8-12(21-22-15(16,17)18)7-10-5-3-4-6-13(10)11/h3-8H,2,9H2,1H3. The molecule has 22 heavy (non-hydrogen) atoms. The number of benzene rings is 2. The molecule has 0 atom stereocenters. The number of fused-ring (bicyclic) bond motifs is 1. The molecule has 2 aromatic carbocycles. The summed E-state index contributed by atoms with van der Waals surface area (Å²) in [5, 5.41) is 1.47. The Labute approximate surface area is 129 Å². The Morgan fingerprint density at radius 2 is 1.95 bits per heavy atom. The lowest BCUT2D eigenvalue weighted by Crippen LogP contribution is -2.08. The van der Waals surface area contributed by atoms with Crippen molar-refractivity contribution in [3.05, 3.63) is 42.0 Å². The molecule has 0 saturated heterocycles. The van der Waals surface area contributed by atoms with Crippen molar-refractivity contribution in [1.29, 1.82) is 0 Å². The van der Waals surface area contributed by atoms with E-state index >= 15 is 0 Å². The van der Waals surface area contributed by atoms with Crippen LogP contribution in [0.4, 0.5) is 13.2 Å². The molecular formula is C15H13F3O3S. The fraction of sp³-hybridized carbons (Fsp3) is 0.267. The Morgan fingerprint density at radius 1 is 1.23 bits per heavy atom. The van der Waals surface area contributed by atoms with E-state index in [0.717, 1.165) is 5.39 Å². The Hall–Kier alpha value is -1.89. The van der Waals surface area contributed by atoms with Crippen molar-refractivity contribution in [2.75, 3.05) is 6.61 Å². The Kier molecular flexibility index (Phi) is 5.18. The monoisotopic (exact) mass is 330 g/mol. The highest BCUT2D eigenvalue weighted by Crippen LogP contribution is 2.34. The fourth-order valence-electron chi connectivity index (χ4n) is 2.02. The molecule has 0 radical (unpaired) electrons.